The number of hydrogen-bond donors (Lipinski definition) is 1. The van der Waals surface area contributed by atoms with Gasteiger partial charge < -0.3 is 14.6 Å². The highest BCUT2D eigenvalue weighted by molar-refractivity contribution is 6.31. The third-order valence-electron chi connectivity index (χ3n) is 11.3. The van der Waals surface area contributed by atoms with Gasteiger partial charge >= 0.3 is 6.09 Å². The van der Waals surface area contributed by atoms with Crippen LogP contribution in [-0.4, -0.2) is 46.6 Å². The standard InChI is InChI=1S/C43H35NO8/c1-51-42(50)44-40(48)31-20-19-29-33(37(31)41(44)49)22-34-39(47)32(26-13-7-3-8-14-26)23-36(46)43(34,27-15-9-4-10-16-27)38(29)30-18-17-28(21-35(30)45)52-24-25-11-5-2-6-12-25/h2-19,21,23,31,33-34,37-38,45H,20,22,24H2,1H3. The number of ether oxygens (including phenoxy) is 2. The van der Waals surface area contributed by atoms with Gasteiger partial charge in [-0.1, -0.05) is 109 Å². The predicted octanol–water partition coefficient (Wildman–Crippen LogP) is 6.56. The minimum atomic E-state index is -1.51. The molecule has 1 aliphatic heterocycles. The molecule has 0 spiro atoms. The Balaban J connectivity index is 1.32. The molecule has 9 nitrogen and oxygen atoms in total. The molecule has 0 aromatic heterocycles. The quantitative estimate of drug-likeness (QED) is 0.178. The van der Waals surface area contributed by atoms with Crippen molar-refractivity contribution in [1.82, 2.24) is 4.90 Å². The summed E-state index contributed by atoms with van der Waals surface area (Å²) in [4.78, 5) is 71.0. The maximum Gasteiger partial charge on any atom is 0.423 e. The van der Waals surface area contributed by atoms with Crippen molar-refractivity contribution in [2.45, 2.75) is 30.8 Å². The summed E-state index contributed by atoms with van der Waals surface area (Å²) in [6, 6.07) is 32.7. The number of methoxy groups -OCH3 is 1. The van der Waals surface area contributed by atoms with Gasteiger partial charge in [0, 0.05) is 29.0 Å². The number of benzene rings is 4. The number of ketones is 2. The Kier molecular flexibility index (Phi) is 8.21. The number of hydrogen-bond acceptors (Lipinski definition) is 8. The summed E-state index contributed by atoms with van der Waals surface area (Å²) in [6.45, 7) is 0.266. The molecule has 6 unspecified atom stereocenters. The Morgan fingerprint density at radius 3 is 2.19 bits per heavy atom. The van der Waals surface area contributed by atoms with Crippen LogP contribution in [0.15, 0.2) is 127 Å². The number of imide groups is 3. The van der Waals surface area contributed by atoms with Gasteiger partial charge in [0.1, 0.15) is 18.1 Å². The van der Waals surface area contributed by atoms with Crippen molar-refractivity contribution in [3.05, 3.63) is 149 Å². The first-order valence-electron chi connectivity index (χ1n) is 17.3. The first-order valence-corrected chi connectivity index (χ1v) is 17.3. The van der Waals surface area contributed by atoms with E-state index in [2.05, 4.69) is 0 Å². The number of phenolic OH excluding ortho intramolecular Hbond substituents is 1. The first kappa shape index (κ1) is 33.1. The van der Waals surface area contributed by atoms with E-state index in [1.165, 1.54) is 12.1 Å². The van der Waals surface area contributed by atoms with Crippen LogP contribution in [0, 0.1) is 23.7 Å². The summed E-state index contributed by atoms with van der Waals surface area (Å²) in [6.07, 6.45) is 2.45. The van der Waals surface area contributed by atoms with Gasteiger partial charge in [0.2, 0.25) is 11.8 Å². The minimum Gasteiger partial charge on any atom is -0.508 e. The zero-order chi connectivity index (χ0) is 36.1. The third-order valence-corrected chi connectivity index (χ3v) is 11.3. The molecule has 1 saturated carbocycles. The SMILES string of the molecule is COC(=O)N1C(=O)C2CC=C3C(CC4C(=O)C(c5ccccc5)=CC(=O)C4(c4ccccc4)C3c3ccc(OCc4ccccc4)cc3O)C2C1=O. The molecule has 3 aliphatic carbocycles. The number of nitrogens with zero attached hydrogens (tertiary/aromatic N) is 1. The maximum absolute atomic E-state index is 15.1. The molecule has 0 bridgehead atoms. The van der Waals surface area contributed by atoms with Crippen LogP contribution >= 0.6 is 0 Å². The molecule has 4 aromatic carbocycles. The minimum absolute atomic E-state index is 0.0696. The van der Waals surface area contributed by atoms with Gasteiger partial charge in [-0.3, -0.25) is 19.2 Å². The number of fused-ring (bicyclic) bond motifs is 4. The van der Waals surface area contributed by atoms with Gasteiger partial charge in [-0.05, 0) is 47.6 Å². The molecular weight excluding hydrogens is 658 g/mol. The summed E-state index contributed by atoms with van der Waals surface area (Å²) in [5.41, 5.74) is 1.94. The monoisotopic (exact) mass is 693 g/mol. The van der Waals surface area contributed by atoms with Gasteiger partial charge in [-0.15, -0.1) is 0 Å². The lowest BCUT2D eigenvalue weighted by molar-refractivity contribution is -0.138. The number of likely N-dealkylation sites (tertiary alicyclic amines) is 1. The Labute approximate surface area is 300 Å². The molecule has 260 valence electrons. The fourth-order valence-corrected chi connectivity index (χ4v) is 9.09. The summed E-state index contributed by atoms with van der Waals surface area (Å²) < 4.78 is 10.8. The van der Waals surface area contributed by atoms with E-state index >= 15 is 4.79 Å². The second-order valence-electron chi connectivity index (χ2n) is 13.8. The summed E-state index contributed by atoms with van der Waals surface area (Å²) in [7, 11) is 1.11. The average Bonchev–Trinajstić information content (AvgIpc) is 3.44. The summed E-state index contributed by atoms with van der Waals surface area (Å²) >= 11 is 0. The number of carbonyl (C=O) groups excluding carboxylic acids is 5. The Hall–Kier alpha value is -6.09. The zero-order valence-corrected chi connectivity index (χ0v) is 28.3. The van der Waals surface area contributed by atoms with Crippen LogP contribution in [-0.2, 0) is 35.9 Å². The van der Waals surface area contributed by atoms with Gasteiger partial charge in [0.05, 0.1) is 24.4 Å². The molecule has 3 amide bonds. The van der Waals surface area contributed by atoms with Crippen molar-refractivity contribution in [2.75, 3.05) is 7.11 Å². The largest absolute Gasteiger partial charge is 0.508 e. The fourth-order valence-electron chi connectivity index (χ4n) is 9.09. The van der Waals surface area contributed by atoms with Gasteiger partial charge in [0.25, 0.3) is 0 Å². The number of aromatic hydroxyl groups is 1. The van der Waals surface area contributed by atoms with E-state index in [0.29, 0.717) is 32.9 Å². The van der Waals surface area contributed by atoms with Crippen LogP contribution in [0.3, 0.4) is 0 Å². The van der Waals surface area contributed by atoms with E-state index in [0.717, 1.165) is 12.7 Å². The van der Waals surface area contributed by atoms with Crippen LogP contribution in [0.25, 0.3) is 5.57 Å². The molecule has 52 heavy (non-hydrogen) atoms. The zero-order valence-electron chi connectivity index (χ0n) is 28.3. The second kappa shape index (κ2) is 12.9. The first-order chi connectivity index (χ1) is 25.2. The van der Waals surface area contributed by atoms with E-state index in [9.17, 15) is 24.3 Å². The Morgan fingerprint density at radius 2 is 1.52 bits per heavy atom. The van der Waals surface area contributed by atoms with Crippen LogP contribution in [0.1, 0.15) is 41.0 Å². The Morgan fingerprint density at radius 1 is 0.846 bits per heavy atom. The van der Waals surface area contributed by atoms with E-state index in [1.54, 1.807) is 36.4 Å². The lowest BCUT2D eigenvalue weighted by Gasteiger charge is -2.55. The van der Waals surface area contributed by atoms with E-state index in [1.807, 2.05) is 72.8 Å². The van der Waals surface area contributed by atoms with Gasteiger partial charge in [-0.25, -0.2) is 4.79 Å². The predicted molar refractivity (Wildman–Crippen MR) is 190 cm³/mol. The molecule has 6 atom stereocenters. The van der Waals surface area contributed by atoms with Crippen molar-refractivity contribution >= 4 is 35.0 Å². The third kappa shape index (κ3) is 5.02. The number of phenols is 1. The Bertz CT molecular complexity index is 2180. The van der Waals surface area contributed by atoms with E-state index in [-0.39, 0.29) is 42.3 Å². The fraction of sp³-hybridized carbons (Fsp3) is 0.233. The number of allylic oxidation sites excluding steroid dienone is 4. The highest BCUT2D eigenvalue weighted by atomic mass is 16.5. The highest BCUT2D eigenvalue weighted by Gasteiger charge is 2.66. The van der Waals surface area contributed by atoms with Crippen LogP contribution in [0.4, 0.5) is 4.79 Å². The molecular formula is C43H35NO8. The van der Waals surface area contributed by atoms with Crippen molar-refractivity contribution in [3.8, 4) is 11.5 Å². The molecule has 9 heteroatoms. The number of rotatable bonds is 6. The van der Waals surface area contributed by atoms with Crippen molar-refractivity contribution < 1.29 is 38.6 Å². The van der Waals surface area contributed by atoms with Crippen molar-refractivity contribution in [2.24, 2.45) is 23.7 Å². The summed E-state index contributed by atoms with van der Waals surface area (Å²) in [5, 5.41) is 11.9. The smallest absolute Gasteiger partial charge is 0.423 e. The van der Waals surface area contributed by atoms with Crippen molar-refractivity contribution in [1.29, 1.82) is 0 Å². The van der Waals surface area contributed by atoms with Crippen LogP contribution in [0.2, 0.25) is 0 Å². The van der Waals surface area contributed by atoms with E-state index < -0.39 is 52.9 Å². The molecule has 4 aromatic rings. The normalized spacial score (nSPS) is 26.5. The highest BCUT2D eigenvalue weighted by Crippen LogP contribution is 2.64. The number of amides is 3. The number of Topliss-reactive ketones (excluding diaryl/α,β-unsaturated/α-hetero) is 1. The van der Waals surface area contributed by atoms with Crippen LogP contribution in [0.5, 0.6) is 11.5 Å². The molecule has 8 rings (SSSR count). The molecule has 1 N–H and O–H groups in total. The molecule has 0 radical (unpaired) electrons. The van der Waals surface area contributed by atoms with Gasteiger partial charge in [-0.2, -0.15) is 4.90 Å². The van der Waals surface area contributed by atoms with Crippen LogP contribution < -0.4 is 4.74 Å². The van der Waals surface area contributed by atoms with Gasteiger partial charge in [0.15, 0.2) is 11.6 Å². The lowest BCUT2D eigenvalue weighted by Crippen LogP contribution is -2.58. The lowest BCUT2D eigenvalue weighted by atomic mass is 9.44. The molecule has 4 aliphatic rings. The maximum atomic E-state index is 15.1. The molecule has 1 saturated heterocycles. The average molecular weight is 694 g/mol. The number of carbonyl (C=O) groups is 5. The second-order valence-corrected chi connectivity index (χ2v) is 13.8. The summed E-state index contributed by atoms with van der Waals surface area (Å²) in [5.74, 6) is -6.06. The van der Waals surface area contributed by atoms with E-state index in [4.69, 9.17) is 9.47 Å². The topological polar surface area (TPSA) is 127 Å². The van der Waals surface area contributed by atoms with Crippen molar-refractivity contribution in [3.63, 3.8) is 0 Å². The molecule has 2 fully saturated rings. The molecule has 1 heterocycles.